The average molecular weight is 342 g/mol. The molecule has 2 rings (SSSR count). The molecule has 0 bridgehead atoms. The van der Waals surface area contributed by atoms with E-state index < -0.39 is 10.2 Å². The van der Waals surface area contributed by atoms with Crippen LogP contribution in [0.1, 0.15) is 6.92 Å². The van der Waals surface area contributed by atoms with E-state index >= 15 is 0 Å². The molecule has 1 heterocycles. The molecule has 22 heavy (non-hydrogen) atoms. The number of amides is 1. The highest BCUT2D eigenvalue weighted by Gasteiger charge is 2.19. The number of aryl methyl sites for hydroxylation is 1. The predicted octanol–water partition coefficient (Wildman–Crippen LogP) is 2.50. The average Bonchev–Trinajstić information content (AvgIpc) is 2.86. The Bertz CT molecular complexity index is 721. The van der Waals surface area contributed by atoms with E-state index in [2.05, 4.69) is 15.5 Å². The second kappa shape index (κ2) is 6.75. The molecule has 116 valence electrons. The summed E-state index contributed by atoms with van der Waals surface area (Å²) in [5.74, 6) is -0.288. The van der Waals surface area contributed by atoms with E-state index in [1.807, 2.05) is 0 Å². The lowest BCUT2D eigenvalue weighted by atomic mass is 10.2. The lowest BCUT2D eigenvalue weighted by Gasteiger charge is -2.12. The Balaban J connectivity index is 2.05. The highest BCUT2D eigenvalue weighted by molar-refractivity contribution is 8.00. The summed E-state index contributed by atoms with van der Waals surface area (Å²) in [6.07, 6.45) is 1.54. The zero-order valence-corrected chi connectivity index (χ0v) is 13.3. The number of non-ortho nitro benzene ring substituents is 1. The van der Waals surface area contributed by atoms with Crippen LogP contribution >= 0.6 is 23.4 Å². The van der Waals surface area contributed by atoms with Gasteiger partial charge in [-0.25, -0.2) is 0 Å². The topological polar surface area (TPSA) is 103 Å². The van der Waals surface area contributed by atoms with Gasteiger partial charge < -0.3 is 9.88 Å². The van der Waals surface area contributed by atoms with Crippen molar-refractivity contribution in [3.8, 4) is 0 Å². The van der Waals surface area contributed by atoms with Crippen LogP contribution in [0.4, 0.5) is 11.4 Å². The van der Waals surface area contributed by atoms with E-state index in [-0.39, 0.29) is 16.6 Å². The molecule has 1 aromatic carbocycles. The zero-order chi connectivity index (χ0) is 16.3. The van der Waals surface area contributed by atoms with Crippen molar-refractivity contribution < 1.29 is 9.72 Å². The Morgan fingerprint density at radius 3 is 2.82 bits per heavy atom. The molecule has 1 N–H and O–H groups in total. The number of benzene rings is 1. The molecule has 0 aliphatic carbocycles. The van der Waals surface area contributed by atoms with Crippen LogP contribution in [0, 0.1) is 10.1 Å². The van der Waals surface area contributed by atoms with Gasteiger partial charge in [0.15, 0.2) is 5.16 Å². The number of nitrogens with one attached hydrogen (secondary N) is 1. The first kappa shape index (κ1) is 16.2. The Hall–Kier alpha value is -2.13. The Kier molecular flexibility index (Phi) is 4.99. The normalized spacial score (nSPS) is 12.0. The van der Waals surface area contributed by atoms with Gasteiger partial charge in [0, 0.05) is 19.2 Å². The molecule has 1 atom stereocenters. The minimum Gasteiger partial charge on any atom is -0.324 e. The SMILES string of the molecule is CC(Sc1nncn1C)C(=O)Nc1ccc([N+](=O)[O-])cc1Cl. The molecular formula is C12H12ClN5O3S. The van der Waals surface area contributed by atoms with E-state index in [0.29, 0.717) is 10.8 Å². The summed E-state index contributed by atoms with van der Waals surface area (Å²) in [4.78, 5) is 22.2. The first-order chi connectivity index (χ1) is 10.4. The maximum Gasteiger partial charge on any atom is 0.271 e. The van der Waals surface area contributed by atoms with Crippen molar-refractivity contribution in [1.29, 1.82) is 0 Å². The van der Waals surface area contributed by atoms with Crippen LogP contribution in [0.25, 0.3) is 0 Å². The summed E-state index contributed by atoms with van der Waals surface area (Å²) in [5.41, 5.74) is 0.187. The molecule has 0 saturated heterocycles. The van der Waals surface area contributed by atoms with Gasteiger partial charge in [-0.15, -0.1) is 10.2 Å². The summed E-state index contributed by atoms with van der Waals surface area (Å²) in [5, 5.41) is 21.2. The fraction of sp³-hybridized carbons (Fsp3) is 0.250. The van der Waals surface area contributed by atoms with Gasteiger partial charge in [-0.3, -0.25) is 14.9 Å². The summed E-state index contributed by atoms with van der Waals surface area (Å²) in [7, 11) is 1.78. The number of hydrogen-bond donors (Lipinski definition) is 1. The van der Waals surface area contributed by atoms with Crippen molar-refractivity contribution in [2.45, 2.75) is 17.3 Å². The minimum atomic E-state index is -0.552. The first-order valence-corrected chi connectivity index (χ1v) is 7.39. The van der Waals surface area contributed by atoms with Crippen molar-refractivity contribution >= 4 is 40.6 Å². The van der Waals surface area contributed by atoms with Gasteiger partial charge in [-0.05, 0) is 13.0 Å². The molecule has 1 amide bonds. The van der Waals surface area contributed by atoms with Crippen molar-refractivity contribution in [2.24, 2.45) is 7.05 Å². The molecule has 0 spiro atoms. The number of rotatable bonds is 5. The molecule has 0 saturated carbocycles. The maximum atomic E-state index is 12.1. The predicted molar refractivity (Wildman–Crippen MR) is 83.1 cm³/mol. The van der Waals surface area contributed by atoms with Crippen molar-refractivity contribution in [2.75, 3.05) is 5.32 Å². The quantitative estimate of drug-likeness (QED) is 0.509. The van der Waals surface area contributed by atoms with Crippen molar-refractivity contribution in [3.63, 3.8) is 0 Å². The van der Waals surface area contributed by atoms with Crippen LogP contribution < -0.4 is 5.32 Å². The molecule has 0 radical (unpaired) electrons. The van der Waals surface area contributed by atoms with Crippen LogP contribution in [-0.4, -0.2) is 30.8 Å². The number of carbonyl (C=O) groups is 1. The highest BCUT2D eigenvalue weighted by Crippen LogP contribution is 2.28. The van der Waals surface area contributed by atoms with Crippen LogP contribution in [0.15, 0.2) is 29.7 Å². The standard InChI is InChI=1S/C12H12ClN5O3S/c1-7(22-12-16-14-6-17(12)2)11(19)15-10-4-3-8(18(20)21)5-9(10)13/h3-7H,1-2H3,(H,15,19). The molecule has 1 unspecified atom stereocenters. The summed E-state index contributed by atoms with van der Waals surface area (Å²) in [6.45, 7) is 1.72. The van der Waals surface area contributed by atoms with Gasteiger partial charge in [0.2, 0.25) is 5.91 Å². The summed E-state index contributed by atoms with van der Waals surface area (Å²) < 4.78 is 1.70. The van der Waals surface area contributed by atoms with E-state index in [1.54, 1.807) is 24.9 Å². The third-order valence-electron chi connectivity index (χ3n) is 2.74. The fourth-order valence-electron chi connectivity index (χ4n) is 1.54. The third-order valence-corrected chi connectivity index (χ3v) is 4.20. The van der Waals surface area contributed by atoms with Gasteiger partial charge in [-0.1, -0.05) is 23.4 Å². The zero-order valence-electron chi connectivity index (χ0n) is 11.7. The molecule has 0 fully saturated rings. The third kappa shape index (κ3) is 3.74. The van der Waals surface area contributed by atoms with E-state index in [9.17, 15) is 14.9 Å². The largest absolute Gasteiger partial charge is 0.324 e. The van der Waals surface area contributed by atoms with Crippen LogP contribution in [0.2, 0.25) is 5.02 Å². The summed E-state index contributed by atoms with van der Waals surface area (Å²) in [6, 6.07) is 3.87. The first-order valence-electron chi connectivity index (χ1n) is 6.14. The second-order valence-electron chi connectivity index (χ2n) is 4.40. The summed E-state index contributed by atoms with van der Waals surface area (Å²) >= 11 is 7.18. The van der Waals surface area contributed by atoms with Gasteiger partial charge >= 0.3 is 0 Å². The highest BCUT2D eigenvalue weighted by atomic mass is 35.5. The smallest absolute Gasteiger partial charge is 0.271 e. The number of nitro groups is 1. The molecule has 10 heteroatoms. The van der Waals surface area contributed by atoms with E-state index in [0.717, 1.165) is 0 Å². The Labute approximate surface area is 135 Å². The monoisotopic (exact) mass is 341 g/mol. The second-order valence-corrected chi connectivity index (χ2v) is 6.11. The number of hydrogen-bond acceptors (Lipinski definition) is 6. The molecule has 0 aliphatic heterocycles. The van der Waals surface area contributed by atoms with Crippen LogP contribution in [-0.2, 0) is 11.8 Å². The minimum absolute atomic E-state index is 0.110. The number of nitrogens with zero attached hydrogens (tertiary/aromatic N) is 4. The molecular weight excluding hydrogens is 330 g/mol. The Morgan fingerprint density at radius 1 is 1.55 bits per heavy atom. The number of aromatic nitrogens is 3. The lowest BCUT2D eigenvalue weighted by molar-refractivity contribution is -0.384. The molecule has 2 aromatic rings. The van der Waals surface area contributed by atoms with Crippen LogP contribution in [0.3, 0.4) is 0 Å². The number of thioether (sulfide) groups is 1. The van der Waals surface area contributed by atoms with E-state index in [1.165, 1.54) is 30.0 Å². The fourth-order valence-corrected chi connectivity index (χ4v) is 2.56. The molecule has 0 aliphatic rings. The van der Waals surface area contributed by atoms with Gasteiger partial charge in [0.1, 0.15) is 6.33 Å². The number of halogens is 1. The number of nitro benzene ring substituents is 1. The van der Waals surface area contributed by atoms with Crippen molar-refractivity contribution in [1.82, 2.24) is 14.8 Å². The molecule has 8 nitrogen and oxygen atoms in total. The maximum absolute atomic E-state index is 12.1. The Morgan fingerprint density at radius 2 is 2.27 bits per heavy atom. The van der Waals surface area contributed by atoms with Gasteiger partial charge in [0.25, 0.3) is 5.69 Å². The number of carbonyl (C=O) groups excluding carboxylic acids is 1. The number of anilines is 1. The lowest BCUT2D eigenvalue weighted by Crippen LogP contribution is -2.23. The van der Waals surface area contributed by atoms with Gasteiger partial charge in [-0.2, -0.15) is 0 Å². The van der Waals surface area contributed by atoms with E-state index in [4.69, 9.17) is 11.6 Å². The van der Waals surface area contributed by atoms with Crippen LogP contribution in [0.5, 0.6) is 0 Å². The van der Waals surface area contributed by atoms with Gasteiger partial charge in [0.05, 0.1) is 20.9 Å². The molecule has 1 aromatic heterocycles. The van der Waals surface area contributed by atoms with Crippen molar-refractivity contribution in [3.05, 3.63) is 39.7 Å².